The molecule has 1 aliphatic heterocycles. The number of benzene rings is 3. The predicted octanol–water partition coefficient (Wildman–Crippen LogP) is 7.50. The second kappa shape index (κ2) is 11.5. The summed E-state index contributed by atoms with van der Waals surface area (Å²) in [5.74, 6) is 0.750. The zero-order chi connectivity index (χ0) is 26.6. The van der Waals surface area contributed by atoms with Gasteiger partial charge in [0.15, 0.2) is 10.9 Å². The maximum Gasteiger partial charge on any atom is 0.193 e. The van der Waals surface area contributed by atoms with Gasteiger partial charge in [-0.1, -0.05) is 76.2 Å². The van der Waals surface area contributed by atoms with Crippen molar-refractivity contribution in [3.05, 3.63) is 95.1 Å². The molecule has 3 aromatic carbocycles. The topological polar surface area (TPSA) is 44.4 Å². The normalized spacial score (nSPS) is 16.7. The van der Waals surface area contributed by atoms with E-state index in [-0.39, 0.29) is 17.2 Å². The lowest BCUT2D eigenvalue weighted by atomic mass is 9.86. The highest BCUT2D eigenvalue weighted by Crippen LogP contribution is 2.25. The fourth-order valence-electron chi connectivity index (χ4n) is 4.87. The van der Waals surface area contributed by atoms with Crippen molar-refractivity contribution in [2.45, 2.75) is 58.9 Å². The molecule has 0 aliphatic carbocycles. The van der Waals surface area contributed by atoms with E-state index in [1.54, 1.807) is 0 Å². The second-order valence-electron chi connectivity index (χ2n) is 11.3. The molecule has 0 aromatic heterocycles. The number of piperidine rings is 1. The summed E-state index contributed by atoms with van der Waals surface area (Å²) < 4.78 is 0. The first kappa shape index (κ1) is 26.9. The molecule has 1 saturated heterocycles. The number of ketones is 1. The number of hydrogen-bond acceptors (Lipinski definition) is 3. The minimum Gasteiger partial charge on any atom is -0.371 e. The summed E-state index contributed by atoms with van der Waals surface area (Å²) in [5, 5.41) is 7.15. The van der Waals surface area contributed by atoms with Crippen molar-refractivity contribution in [3.8, 4) is 0 Å². The lowest BCUT2D eigenvalue weighted by Gasteiger charge is -2.33. The Morgan fingerprint density at radius 1 is 1.00 bits per heavy atom. The van der Waals surface area contributed by atoms with Crippen molar-refractivity contribution in [2.75, 3.05) is 23.3 Å². The summed E-state index contributed by atoms with van der Waals surface area (Å²) in [5.41, 5.74) is 5.84. The van der Waals surface area contributed by atoms with E-state index in [1.807, 2.05) is 48.5 Å². The third-order valence-corrected chi connectivity index (χ3v) is 7.38. The van der Waals surface area contributed by atoms with E-state index >= 15 is 0 Å². The van der Waals surface area contributed by atoms with Gasteiger partial charge in [0.2, 0.25) is 0 Å². The van der Waals surface area contributed by atoms with Gasteiger partial charge in [0.25, 0.3) is 0 Å². The molecule has 0 bridgehead atoms. The van der Waals surface area contributed by atoms with Crippen LogP contribution in [-0.4, -0.2) is 24.0 Å². The fourth-order valence-corrected chi connectivity index (χ4v) is 5.17. The predicted molar refractivity (Wildman–Crippen MR) is 160 cm³/mol. The first-order valence-electron chi connectivity index (χ1n) is 13.3. The lowest BCUT2D eigenvalue weighted by molar-refractivity contribution is 0.103. The van der Waals surface area contributed by atoms with Crippen molar-refractivity contribution in [2.24, 2.45) is 5.92 Å². The summed E-state index contributed by atoms with van der Waals surface area (Å²) in [6, 6.07) is 24.2. The number of carbonyl (C=O) groups is 1. The van der Waals surface area contributed by atoms with Gasteiger partial charge in [0.1, 0.15) is 0 Å². The van der Waals surface area contributed by atoms with Gasteiger partial charge in [-0.05, 0) is 78.7 Å². The van der Waals surface area contributed by atoms with Gasteiger partial charge in [-0.15, -0.1) is 0 Å². The molecule has 4 rings (SSSR count). The molecular formula is C32H39N3OS. The molecule has 0 radical (unpaired) electrons. The third-order valence-electron chi connectivity index (χ3n) is 7.16. The maximum absolute atomic E-state index is 13.1. The molecule has 1 aliphatic rings. The smallest absolute Gasteiger partial charge is 0.193 e. The van der Waals surface area contributed by atoms with Crippen LogP contribution in [0.5, 0.6) is 0 Å². The molecule has 0 amide bonds. The van der Waals surface area contributed by atoms with Crippen molar-refractivity contribution >= 4 is 34.5 Å². The Balaban J connectivity index is 1.36. The van der Waals surface area contributed by atoms with Gasteiger partial charge >= 0.3 is 0 Å². The van der Waals surface area contributed by atoms with Crippen LogP contribution in [0.25, 0.3) is 0 Å². The van der Waals surface area contributed by atoms with E-state index in [1.165, 1.54) is 29.7 Å². The highest BCUT2D eigenvalue weighted by molar-refractivity contribution is 7.80. The molecule has 5 heteroatoms. The first-order valence-corrected chi connectivity index (χ1v) is 13.7. The first-order chi connectivity index (χ1) is 17.6. The van der Waals surface area contributed by atoms with Gasteiger partial charge in [-0.3, -0.25) is 4.79 Å². The molecule has 2 N–H and O–H groups in total. The Hall–Kier alpha value is -3.18. The number of nitrogens with one attached hydrogen (secondary N) is 2. The number of anilines is 2. The Kier molecular flexibility index (Phi) is 8.33. The average Bonchev–Trinajstić information content (AvgIpc) is 2.88. The van der Waals surface area contributed by atoms with Crippen LogP contribution in [-0.2, 0) is 5.41 Å². The molecule has 0 spiro atoms. The molecule has 37 heavy (non-hydrogen) atoms. The second-order valence-corrected chi connectivity index (χ2v) is 11.8. The zero-order valence-corrected chi connectivity index (χ0v) is 23.5. The Morgan fingerprint density at radius 3 is 2.35 bits per heavy atom. The van der Waals surface area contributed by atoms with Gasteiger partial charge in [0.05, 0.1) is 6.04 Å². The SMILES string of the molecule is C[C@@H]1CCCN(c2ccc([C@H](C)NC(=S)Nc3cccc(C(=O)c4ccc(C(C)(C)C)cc4)c3)cc2)C1. The minimum atomic E-state index is -0.000422. The van der Waals surface area contributed by atoms with Crippen LogP contribution in [0.2, 0.25) is 0 Å². The van der Waals surface area contributed by atoms with Crippen molar-refractivity contribution in [1.82, 2.24) is 5.32 Å². The Bertz CT molecular complexity index is 1230. The van der Waals surface area contributed by atoms with E-state index in [0.717, 1.165) is 24.7 Å². The van der Waals surface area contributed by atoms with E-state index in [2.05, 4.69) is 74.4 Å². The van der Waals surface area contributed by atoms with E-state index in [0.29, 0.717) is 16.2 Å². The molecule has 1 fully saturated rings. The monoisotopic (exact) mass is 513 g/mol. The quantitative estimate of drug-likeness (QED) is 0.264. The van der Waals surface area contributed by atoms with Gasteiger partial charge in [-0.25, -0.2) is 0 Å². The molecule has 1 heterocycles. The Morgan fingerprint density at radius 2 is 1.70 bits per heavy atom. The summed E-state index contributed by atoms with van der Waals surface area (Å²) in [7, 11) is 0. The highest BCUT2D eigenvalue weighted by Gasteiger charge is 2.18. The molecule has 194 valence electrons. The van der Waals surface area contributed by atoms with Crippen LogP contribution in [0.15, 0.2) is 72.8 Å². The van der Waals surface area contributed by atoms with Gasteiger partial charge in [-0.2, -0.15) is 0 Å². The fraction of sp³-hybridized carbons (Fsp3) is 0.375. The highest BCUT2D eigenvalue weighted by atomic mass is 32.1. The molecule has 0 saturated carbocycles. The summed E-state index contributed by atoms with van der Waals surface area (Å²) in [6.45, 7) is 13.2. The molecule has 4 nitrogen and oxygen atoms in total. The summed E-state index contributed by atoms with van der Waals surface area (Å²) in [6.07, 6.45) is 2.58. The van der Waals surface area contributed by atoms with E-state index in [4.69, 9.17) is 12.2 Å². The van der Waals surface area contributed by atoms with E-state index in [9.17, 15) is 4.79 Å². The molecular weight excluding hydrogens is 474 g/mol. The number of nitrogens with zero attached hydrogens (tertiary/aromatic N) is 1. The Labute approximate surface area is 227 Å². The van der Waals surface area contributed by atoms with Crippen LogP contribution in [0, 0.1) is 5.92 Å². The number of rotatable bonds is 6. The van der Waals surface area contributed by atoms with Gasteiger partial charge in [0, 0.05) is 35.6 Å². The van der Waals surface area contributed by atoms with Crippen molar-refractivity contribution < 1.29 is 4.79 Å². The third kappa shape index (κ3) is 6.98. The molecule has 3 aromatic rings. The number of carbonyl (C=O) groups excluding carboxylic acids is 1. The van der Waals surface area contributed by atoms with Crippen LogP contribution in [0.1, 0.15) is 80.6 Å². The van der Waals surface area contributed by atoms with Crippen LogP contribution in [0.3, 0.4) is 0 Å². The molecule has 0 unspecified atom stereocenters. The van der Waals surface area contributed by atoms with Crippen LogP contribution >= 0.6 is 12.2 Å². The van der Waals surface area contributed by atoms with Crippen molar-refractivity contribution in [1.29, 1.82) is 0 Å². The number of hydrogen-bond donors (Lipinski definition) is 2. The maximum atomic E-state index is 13.1. The minimum absolute atomic E-state index is 0.000422. The van der Waals surface area contributed by atoms with Crippen LogP contribution < -0.4 is 15.5 Å². The number of thiocarbonyl (C=S) groups is 1. The summed E-state index contributed by atoms with van der Waals surface area (Å²) in [4.78, 5) is 15.6. The van der Waals surface area contributed by atoms with Crippen LogP contribution in [0.4, 0.5) is 11.4 Å². The largest absolute Gasteiger partial charge is 0.371 e. The summed E-state index contributed by atoms with van der Waals surface area (Å²) >= 11 is 5.59. The standard InChI is InChI=1S/C32H39N3OS/c1-22-8-7-19-35(21-22)29-17-13-24(14-18-29)23(2)33-31(37)34-28-10-6-9-26(20-28)30(36)25-11-15-27(16-12-25)32(3,4)5/h6,9-18,20,22-23H,7-8,19,21H2,1-5H3,(H2,33,34,37)/t22-,23+/m1/s1. The average molecular weight is 514 g/mol. The molecule has 2 atom stereocenters. The van der Waals surface area contributed by atoms with Crippen molar-refractivity contribution in [3.63, 3.8) is 0 Å². The van der Waals surface area contributed by atoms with Gasteiger partial charge < -0.3 is 15.5 Å². The lowest BCUT2D eigenvalue weighted by Crippen LogP contribution is -2.34. The van der Waals surface area contributed by atoms with E-state index < -0.39 is 0 Å². The zero-order valence-electron chi connectivity index (χ0n) is 22.7.